The van der Waals surface area contributed by atoms with Crippen molar-refractivity contribution in [3.63, 3.8) is 0 Å². The van der Waals surface area contributed by atoms with Crippen molar-refractivity contribution in [3.8, 4) is 0 Å². The lowest BCUT2D eigenvalue weighted by molar-refractivity contribution is 1.09. The molecular weight excluding hydrogens is 248 g/mol. The van der Waals surface area contributed by atoms with E-state index in [-0.39, 0.29) is 0 Å². The summed E-state index contributed by atoms with van der Waals surface area (Å²) in [5, 5.41) is 2.15. The van der Waals surface area contributed by atoms with Crippen LogP contribution >= 0.6 is 23.7 Å². The lowest BCUT2D eigenvalue weighted by Gasteiger charge is -2.09. The van der Waals surface area contributed by atoms with Crippen LogP contribution < -0.4 is 10.5 Å². The molecule has 0 aromatic heterocycles. The fraction of sp³-hybridized carbons (Fsp3) is 0.231. The van der Waals surface area contributed by atoms with E-state index in [1.807, 2.05) is 18.2 Å². The molecule has 2 nitrogen and oxygen atoms in total. The molecule has 0 aliphatic carbocycles. The van der Waals surface area contributed by atoms with Crippen LogP contribution in [0.2, 0.25) is 0 Å². The number of hydrogen-bond acceptors (Lipinski definition) is 4. The summed E-state index contributed by atoms with van der Waals surface area (Å²) < 4.78 is 3.38. The lowest BCUT2D eigenvalue weighted by atomic mass is 10.2. The molecule has 0 amide bonds. The first-order chi connectivity index (χ1) is 8.34. The van der Waals surface area contributed by atoms with Gasteiger partial charge in [0.25, 0.3) is 0 Å². The van der Waals surface area contributed by atoms with Crippen molar-refractivity contribution >= 4 is 29.4 Å². The van der Waals surface area contributed by atoms with Gasteiger partial charge in [-0.15, -0.1) is 11.8 Å². The molecular formula is C13H16N2S2. The molecule has 0 fully saturated rings. The average Bonchev–Trinajstić information content (AvgIpc) is 2.36. The second kappa shape index (κ2) is 6.79. The molecule has 17 heavy (non-hydrogen) atoms. The Balaban J connectivity index is 1.68. The van der Waals surface area contributed by atoms with Gasteiger partial charge in [0.2, 0.25) is 0 Å². The van der Waals surface area contributed by atoms with Gasteiger partial charge in [-0.1, -0.05) is 36.2 Å². The van der Waals surface area contributed by atoms with Crippen LogP contribution in [-0.4, -0.2) is 6.54 Å². The molecule has 1 aromatic carbocycles. The second-order valence-electron chi connectivity index (χ2n) is 3.75. The molecule has 1 aliphatic rings. The van der Waals surface area contributed by atoms with E-state index in [1.165, 1.54) is 10.5 Å². The van der Waals surface area contributed by atoms with E-state index in [2.05, 4.69) is 28.3 Å². The Hall–Kier alpha value is -0.840. The molecule has 1 aromatic rings. The Morgan fingerprint density at radius 2 is 2.35 bits per heavy atom. The average molecular weight is 264 g/mol. The molecule has 2 rings (SSSR count). The Morgan fingerprint density at radius 3 is 3.12 bits per heavy atom. The molecule has 0 radical (unpaired) electrons. The zero-order chi connectivity index (χ0) is 11.9. The quantitative estimate of drug-likeness (QED) is 0.484. The zero-order valence-electron chi connectivity index (χ0n) is 9.56. The highest BCUT2D eigenvalue weighted by molar-refractivity contribution is 8.06. The first kappa shape index (κ1) is 12.6. The molecule has 3 N–H and O–H groups in total. The van der Waals surface area contributed by atoms with Crippen molar-refractivity contribution in [3.05, 3.63) is 52.3 Å². The fourth-order valence-corrected chi connectivity index (χ4v) is 3.02. The van der Waals surface area contributed by atoms with Gasteiger partial charge in [0.15, 0.2) is 0 Å². The number of hydrogen-bond donors (Lipinski definition) is 2. The van der Waals surface area contributed by atoms with Crippen LogP contribution in [0.1, 0.15) is 12.0 Å². The Bertz CT molecular complexity index is 427. The number of thioether (sulfide) groups is 1. The van der Waals surface area contributed by atoms with Crippen molar-refractivity contribution in [2.45, 2.75) is 12.2 Å². The standard InChI is InChI=1S/C13H16N2S2/c14-12-5-3-4-11(8-12)10-17-15-9-13-6-1-2-7-16-13/h2-8,15H,1,9-10,14H2. The maximum absolute atomic E-state index is 5.73. The van der Waals surface area contributed by atoms with Crippen LogP contribution in [0.3, 0.4) is 0 Å². The van der Waals surface area contributed by atoms with Crippen LogP contribution in [0.15, 0.2) is 46.7 Å². The third-order valence-corrected chi connectivity index (χ3v) is 4.10. The summed E-state index contributed by atoms with van der Waals surface area (Å²) in [6.45, 7) is 0.933. The molecule has 0 saturated carbocycles. The Kier molecular flexibility index (Phi) is 5.04. The van der Waals surface area contributed by atoms with Crippen LogP contribution in [0.4, 0.5) is 5.69 Å². The van der Waals surface area contributed by atoms with E-state index in [9.17, 15) is 0 Å². The van der Waals surface area contributed by atoms with E-state index >= 15 is 0 Å². The lowest BCUT2D eigenvalue weighted by Crippen LogP contribution is -2.07. The minimum Gasteiger partial charge on any atom is -0.399 e. The predicted molar refractivity (Wildman–Crippen MR) is 79.6 cm³/mol. The normalized spacial score (nSPS) is 14.7. The summed E-state index contributed by atoms with van der Waals surface area (Å²) in [6.07, 6.45) is 5.50. The van der Waals surface area contributed by atoms with E-state index in [4.69, 9.17) is 5.73 Å². The highest BCUT2D eigenvalue weighted by Crippen LogP contribution is 2.22. The number of allylic oxidation sites excluding steroid dienone is 2. The summed E-state index contributed by atoms with van der Waals surface area (Å²) in [4.78, 5) is 1.40. The molecule has 1 heterocycles. The van der Waals surface area contributed by atoms with Crippen LogP contribution in [0.5, 0.6) is 0 Å². The molecule has 1 aliphatic heterocycles. The van der Waals surface area contributed by atoms with Crippen molar-refractivity contribution in [1.82, 2.24) is 4.72 Å². The van der Waals surface area contributed by atoms with Gasteiger partial charge < -0.3 is 5.73 Å². The molecule has 0 atom stereocenters. The number of nitrogen functional groups attached to an aromatic ring is 1. The van der Waals surface area contributed by atoms with E-state index < -0.39 is 0 Å². The SMILES string of the molecule is Nc1cccc(CSNCC2=CCC=CS2)c1. The summed E-state index contributed by atoms with van der Waals surface area (Å²) in [6, 6.07) is 8.03. The van der Waals surface area contributed by atoms with Crippen molar-refractivity contribution < 1.29 is 0 Å². The fourth-order valence-electron chi connectivity index (χ4n) is 1.49. The molecule has 0 saturated heterocycles. The monoisotopic (exact) mass is 264 g/mol. The largest absolute Gasteiger partial charge is 0.399 e. The third kappa shape index (κ3) is 4.50. The smallest absolute Gasteiger partial charge is 0.0370 e. The van der Waals surface area contributed by atoms with Gasteiger partial charge in [-0.05, 0) is 29.5 Å². The van der Waals surface area contributed by atoms with E-state index in [0.717, 1.165) is 24.4 Å². The van der Waals surface area contributed by atoms with Gasteiger partial charge in [0.05, 0.1) is 0 Å². The second-order valence-corrected chi connectivity index (χ2v) is 5.65. The van der Waals surface area contributed by atoms with E-state index in [1.54, 1.807) is 23.7 Å². The maximum atomic E-state index is 5.73. The minimum absolute atomic E-state index is 0.832. The first-order valence-electron chi connectivity index (χ1n) is 5.54. The van der Waals surface area contributed by atoms with Gasteiger partial charge in [-0.2, -0.15) is 0 Å². The van der Waals surface area contributed by atoms with Crippen LogP contribution in [0, 0.1) is 0 Å². The molecule has 4 heteroatoms. The Morgan fingerprint density at radius 1 is 1.41 bits per heavy atom. The number of nitrogens with two attached hydrogens (primary N) is 1. The van der Waals surface area contributed by atoms with E-state index in [0.29, 0.717) is 0 Å². The van der Waals surface area contributed by atoms with Gasteiger partial charge in [0, 0.05) is 22.9 Å². The first-order valence-corrected chi connectivity index (χ1v) is 7.41. The third-order valence-electron chi connectivity index (χ3n) is 2.34. The summed E-state index contributed by atoms with van der Waals surface area (Å²) in [5.41, 5.74) is 7.82. The summed E-state index contributed by atoms with van der Waals surface area (Å²) in [5.74, 6) is 0.943. The zero-order valence-corrected chi connectivity index (χ0v) is 11.2. The van der Waals surface area contributed by atoms with Crippen molar-refractivity contribution in [2.24, 2.45) is 0 Å². The minimum atomic E-state index is 0.832. The summed E-state index contributed by atoms with van der Waals surface area (Å²) in [7, 11) is 0. The molecule has 90 valence electrons. The topological polar surface area (TPSA) is 38.0 Å². The highest BCUT2D eigenvalue weighted by atomic mass is 32.2. The van der Waals surface area contributed by atoms with Gasteiger partial charge >= 0.3 is 0 Å². The van der Waals surface area contributed by atoms with Gasteiger partial charge in [-0.25, -0.2) is 0 Å². The number of rotatable bonds is 5. The predicted octanol–water partition coefficient (Wildman–Crippen LogP) is 3.54. The number of benzene rings is 1. The van der Waals surface area contributed by atoms with Gasteiger partial charge in [-0.3, -0.25) is 4.72 Å². The van der Waals surface area contributed by atoms with Crippen LogP contribution in [-0.2, 0) is 5.75 Å². The number of nitrogens with one attached hydrogen (secondary N) is 1. The summed E-state index contributed by atoms with van der Waals surface area (Å²) >= 11 is 3.52. The maximum Gasteiger partial charge on any atom is 0.0370 e. The Labute approximate surface area is 111 Å². The van der Waals surface area contributed by atoms with Crippen molar-refractivity contribution in [1.29, 1.82) is 0 Å². The molecule has 0 spiro atoms. The van der Waals surface area contributed by atoms with Crippen molar-refractivity contribution in [2.75, 3.05) is 12.3 Å². The highest BCUT2D eigenvalue weighted by Gasteiger charge is 1.99. The number of anilines is 1. The van der Waals surface area contributed by atoms with Crippen LogP contribution in [0.25, 0.3) is 0 Å². The molecule has 0 unspecified atom stereocenters. The van der Waals surface area contributed by atoms with Gasteiger partial charge in [0.1, 0.15) is 0 Å². The molecule has 0 bridgehead atoms.